The lowest BCUT2D eigenvalue weighted by Crippen LogP contribution is -2.12. The fourth-order valence-corrected chi connectivity index (χ4v) is 2.21. The molecule has 0 bridgehead atoms. The lowest BCUT2D eigenvalue weighted by Gasteiger charge is -2.12. The van der Waals surface area contributed by atoms with Crippen molar-refractivity contribution in [1.82, 2.24) is 20.1 Å². The Hall–Kier alpha value is -1.68. The van der Waals surface area contributed by atoms with Gasteiger partial charge in [0.25, 0.3) is 0 Å². The fraction of sp³-hybridized carbons (Fsp3) is 0.467. The van der Waals surface area contributed by atoms with Gasteiger partial charge in [0.1, 0.15) is 6.33 Å². The maximum absolute atomic E-state index is 4.30. The molecule has 102 valence electrons. The van der Waals surface area contributed by atoms with Crippen LogP contribution >= 0.6 is 0 Å². The molecule has 0 atom stereocenters. The summed E-state index contributed by atoms with van der Waals surface area (Å²) in [6.45, 7) is 6.32. The highest BCUT2D eigenvalue weighted by atomic mass is 15.3. The smallest absolute Gasteiger partial charge is 0.164 e. The quantitative estimate of drug-likeness (QED) is 0.865. The van der Waals surface area contributed by atoms with Gasteiger partial charge in [-0.2, -0.15) is 0 Å². The molecule has 0 saturated carbocycles. The molecule has 2 aromatic rings. The molecule has 0 amide bonds. The zero-order valence-corrected chi connectivity index (χ0v) is 11.9. The molecule has 0 fully saturated rings. The summed E-state index contributed by atoms with van der Waals surface area (Å²) in [4.78, 5) is 0. The normalized spacial score (nSPS) is 11.2. The van der Waals surface area contributed by atoms with Gasteiger partial charge >= 0.3 is 0 Å². The highest BCUT2D eigenvalue weighted by Crippen LogP contribution is 2.22. The van der Waals surface area contributed by atoms with Gasteiger partial charge < -0.3 is 9.88 Å². The molecule has 1 heterocycles. The molecule has 0 saturated heterocycles. The molecule has 0 radical (unpaired) electrons. The Kier molecular flexibility index (Phi) is 4.68. The van der Waals surface area contributed by atoms with Gasteiger partial charge in [0.05, 0.1) is 0 Å². The molecule has 1 aromatic carbocycles. The highest BCUT2D eigenvalue weighted by Gasteiger charge is 2.11. The van der Waals surface area contributed by atoms with Crippen LogP contribution in [0.5, 0.6) is 0 Å². The molecule has 0 spiro atoms. The third kappa shape index (κ3) is 3.41. The summed E-state index contributed by atoms with van der Waals surface area (Å²) in [6.07, 6.45) is 2.82. The number of rotatable bonds is 6. The van der Waals surface area contributed by atoms with E-state index >= 15 is 0 Å². The second kappa shape index (κ2) is 6.48. The van der Waals surface area contributed by atoms with Gasteiger partial charge in [0.15, 0.2) is 5.82 Å². The summed E-state index contributed by atoms with van der Waals surface area (Å²) in [6, 6.07) is 8.44. The van der Waals surface area contributed by atoms with E-state index in [1.54, 1.807) is 0 Å². The Morgan fingerprint density at radius 3 is 2.79 bits per heavy atom. The van der Waals surface area contributed by atoms with E-state index in [4.69, 9.17) is 0 Å². The van der Waals surface area contributed by atoms with Crippen LogP contribution in [0.15, 0.2) is 30.6 Å². The van der Waals surface area contributed by atoms with Crippen LogP contribution in [0.25, 0.3) is 11.4 Å². The molecule has 4 heteroatoms. The van der Waals surface area contributed by atoms with E-state index in [1.165, 1.54) is 11.1 Å². The maximum atomic E-state index is 4.30. The minimum Gasteiger partial charge on any atom is -0.319 e. The summed E-state index contributed by atoms with van der Waals surface area (Å²) < 4.78 is 2.14. The first-order valence-corrected chi connectivity index (χ1v) is 6.83. The summed E-state index contributed by atoms with van der Waals surface area (Å²) in [5.41, 5.74) is 2.51. The SMILES string of the molecule is CNCCc1ccccc1-c1nncn1CC(C)C. The van der Waals surface area contributed by atoms with Gasteiger partial charge in [0, 0.05) is 12.1 Å². The molecule has 0 aliphatic rings. The average Bonchev–Trinajstić information content (AvgIpc) is 2.84. The summed E-state index contributed by atoms with van der Waals surface area (Å²) in [5.74, 6) is 1.56. The van der Waals surface area contributed by atoms with Crippen LogP contribution in [0.1, 0.15) is 19.4 Å². The van der Waals surface area contributed by atoms with Crippen molar-refractivity contribution in [1.29, 1.82) is 0 Å². The van der Waals surface area contributed by atoms with Gasteiger partial charge in [-0.1, -0.05) is 38.1 Å². The maximum Gasteiger partial charge on any atom is 0.164 e. The zero-order valence-electron chi connectivity index (χ0n) is 11.9. The Labute approximate surface area is 114 Å². The number of hydrogen-bond donors (Lipinski definition) is 1. The van der Waals surface area contributed by atoms with Crippen molar-refractivity contribution in [2.24, 2.45) is 5.92 Å². The Balaban J connectivity index is 2.33. The number of aromatic nitrogens is 3. The van der Waals surface area contributed by atoms with E-state index < -0.39 is 0 Å². The van der Waals surface area contributed by atoms with Crippen LogP contribution < -0.4 is 5.32 Å². The molecular formula is C15H22N4. The van der Waals surface area contributed by atoms with E-state index in [-0.39, 0.29) is 0 Å². The predicted molar refractivity (Wildman–Crippen MR) is 77.9 cm³/mol. The molecule has 0 unspecified atom stereocenters. The van der Waals surface area contributed by atoms with E-state index in [0.29, 0.717) is 5.92 Å². The summed E-state index contributed by atoms with van der Waals surface area (Å²) >= 11 is 0. The van der Waals surface area contributed by atoms with Crippen molar-refractivity contribution in [2.45, 2.75) is 26.8 Å². The second-order valence-electron chi connectivity index (χ2n) is 5.21. The predicted octanol–water partition coefficient (Wildman–Crippen LogP) is 2.36. The molecule has 0 aliphatic heterocycles. The zero-order chi connectivity index (χ0) is 13.7. The Bertz CT molecular complexity index is 516. The lowest BCUT2D eigenvalue weighted by atomic mass is 10.0. The largest absolute Gasteiger partial charge is 0.319 e. The number of benzene rings is 1. The summed E-state index contributed by atoms with van der Waals surface area (Å²) in [5, 5.41) is 11.6. The van der Waals surface area contributed by atoms with Crippen molar-refractivity contribution >= 4 is 0 Å². The van der Waals surface area contributed by atoms with Crippen molar-refractivity contribution in [3.05, 3.63) is 36.2 Å². The highest BCUT2D eigenvalue weighted by molar-refractivity contribution is 5.60. The number of likely N-dealkylation sites (N-methyl/N-ethyl adjacent to an activating group) is 1. The molecule has 1 aromatic heterocycles. The van der Waals surface area contributed by atoms with Crippen molar-refractivity contribution < 1.29 is 0 Å². The van der Waals surface area contributed by atoms with Gasteiger partial charge in [-0.05, 0) is 31.5 Å². The molecule has 2 rings (SSSR count). The monoisotopic (exact) mass is 258 g/mol. The van der Waals surface area contributed by atoms with E-state index in [2.05, 4.69) is 58.2 Å². The molecule has 1 N–H and O–H groups in total. The van der Waals surface area contributed by atoms with Gasteiger partial charge in [-0.25, -0.2) is 0 Å². The first-order chi connectivity index (χ1) is 9.22. The van der Waals surface area contributed by atoms with Crippen molar-refractivity contribution in [3.63, 3.8) is 0 Å². The van der Waals surface area contributed by atoms with Crippen LogP contribution in [0.4, 0.5) is 0 Å². The number of nitrogens with zero attached hydrogens (tertiary/aromatic N) is 3. The molecule has 19 heavy (non-hydrogen) atoms. The van der Waals surface area contributed by atoms with Crippen molar-refractivity contribution in [2.75, 3.05) is 13.6 Å². The van der Waals surface area contributed by atoms with Crippen LogP contribution in [-0.4, -0.2) is 28.4 Å². The average molecular weight is 258 g/mol. The van der Waals surface area contributed by atoms with E-state index in [0.717, 1.165) is 25.3 Å². The van der Waals surface area contributed by atoms with E-state index in [1.807, 2.05) is 13.4 Å². The minimum absolute atomic E-state index is 0.583. The van der Waals surface area contributed by atoms with Crippen LogP contribution in [-0.2, 0) is 13.0 Å². The molecule has 4 nitrogen and oxygen atoms in total. The number of hydrogen-bond acceptors (Lipinski definition) is 3. The minimum atomic E-state index is 0.583. The van der Waals surface area contributed by atoms with Crippen LogP contribution in [0.2, 0.25) is 0 Å². The number of nitrogens with one attached hydrogen (secondary N) is 1. The standard InChI is InChI=1S/C15H22N4/c1-12(2)10-19-11-17-18-15(19)14-7-5-4-6-13(14)8-9-16-3/h4-7,11-12,16H,8-10H2,1-3H3. The Morgan fingerprint density at radius 1 is 1.26 bits per heavy atom. The topological polar surface area (TPSA) is 42.7 Å². The van der Waals surface area contributed by atoms with Crippen molar-refractivity contribution in [3.8, 4) is 11.4 Å². The fourth-order valence-electron chi connectivity index (χ4n) is 2.21. The third-order valence-corrected chi connectivity index (χ3v) is 3.08. The molecular weight excluding hydrogens is 236 g/mol. The van der Waals surface area contributed by atoms with Crippen LogP contribution in [0, 0.1) is 5.92 Å². The molecule has 0 aliphatic carbocycles. The van der Waals surface area contributed by atoms with Gasteiger partial charge in [0.2, 0.25) is 0 Å². The third-order valence-electron chi connectivity index (χ3n) is 3.08. The first-order valence-electron chi connectivity index (χ1n) is 6.83. The van der Waals surface area contributed by atoms with E-state index in [9.17, 15) is 0 Å². The van der Waals surface area contributed by atoms with Gasteiger partial charge in [-0.3, -0.25) is 0 Å². The summed E-state index contributed by atoms with van der Waals surface area (Å²) in [7, 11) is 1.98. The lowest BCUT2D eigenvalue weighted by molar-refractivity contribution is 0.525. The second-order valence-corrected chi connectivity index (χ2v) is 5.21. The first kappa shape index (κ1) is 13.7. The van der Waals surface area contributed by atoms with Crippen LogP contribution in [0.3, 0.4) is 0 Å². The Morgan fingerprint density at radius 2 is 2.05 bits per heavy atom. The van der Waals surface area contributed by atoms with Gasteiger partial charge in [-0.15, -0.1) is 10.2 Å².